The van der Waals surface area contributed by atoms with Gasteiger partial charge >= 0.3 is 0 Å². The number of nitrogens with one attached hydrogen (secondary N) is 1. The summed E-state index contributed by atoms with van der Waals surface area (Å²) in [5, 5.41) is 4.80. The Morgan fingerprint density at radius 2 is 1.69 bits per heavy atom. The minimum absolute atomic E-state index is 0.166. The van der Waals surface area contributed by atoms with E-state index < -0.39 is 0 Å². The second kappa shape index (κ2) is 10.1. The summed E-state index contributed by atoms with van der Waals surface area (Å²) in [6.45, 7) is 2.06. The highest BCUT2D eigenvalue weighted by molar-refractivity contribution is 6.30. The van der Waals surface area contributed by atoms with Crippen LogP contribution in [0.3, 0.4) is 0 Å². The Kier molecular flexibility index (Phi) is 6.83. The fraction of sp³-hybridized carbons (Fsp3) is 0.111. The van der Waals surface area contributed by atoms with E-state index in [4.69, 9.17) is 16.0 Å². The summed E-state index contributed by atoms with van der Waals surface area (Å²) >= 11 is 5.94. The Morgan fingerprint density at radius 1 is 0.969 bits per heavy atom. The Hall–Kier alpha value is -3.63. The number of carbonyl (C=O) groups is 1. The van der Waals surface area contributed by atoms with Crippen LogP contribution >= 0.6 is 11.6 Å². The summed E-state index contributed by atoms with van der Waals surface area (Å²) in [4.78, 5) is 13.0. The molecule has 0 radical (unpaired) electrons. The lowest BCUT2D eigenvalue weighted by atomic mass is 9.90. The van der Waals surface area contributed by atoms with Crippen molar-refractivity contribution in [3.8, 4) is 11.3 Å². The van der Waals surface area contributed by atoms with Crippen molar-refractivity contribution in [3.63, 3.8) is 0 Å². The summed E-state index contributed by atoms with van der Waals surface area (Å²) in [6, 6.07) is 28.9. The van der Waals surface area contributed by atoms with Crippen LogP contribution in [0.2, 0.25) is 5.02 Å². The largest absolute Gasteiger partial charge is 0.455 e. The quantitative estimate of drug-likeness (QED) is 0.266. The van der Waals surface area contributed by atoms with Crippen molar-refractivity contribution in [2.45, 2.75) is 19.3 Å². The van der Waals surface area contributed by atoms with Crippen LogP contribution < -0.4 is 5.43 Å². The molecule has 160 valence electrons. The van der Waals surface area contributed by atoms with Gasteiger partial charge in [0, 0.05) is 10.6 Å². The Bertz CT molecular complexity index is 1210. The van der Waals surface area contributed by atoms with Gasteiger partial charge in [0.15, 0.2) is 0 Å². The maximum atomic E-state index is 13.0. The first-order valence-corrected chi connectivity index (χ1v) is 10.8. The number of furan rings is 1. The smallest absolute Gasteiger partial charge is 0.247 e. The fourth-order valence-corrected chi connectivity index (χ4v) is 3.66. The van der Waals surface area contributed by atoms with Gasteiger partial charge in [-0.2, -0.15) is 5.10 Å². The fourth-order valence-electron chi connectivity index (χ4n) is 3.54. The number of hydrazone groups is 1. The molecule has 1 atom stereocenters. The Morgan fingerprint density at radius 3 is 2.44 bits per heavy atom. The Labute approximate surface area is 192 Å². The van der Waals surface area contributed by atoms with Gasteiger partial charge in [0.05, 0.1) is 12.1 Å². The van der Waals surface area contributed by atoms with E-state index in [1.54, 1.807) is 0 Å². The monoisotopic (exact) mass is 442 g/mol. The molecule has 0 aliphatic rings. The molecular formula is C27H23ClN2O2. The zero-order chi connectivity index (χ0) is 22.3. The number of hydrogen-bond donors (Lipinski definition) is 1. The van der Waals surface area contributed by atoms with E-state index in [0.29, 0.717) is 23.0 Å². The van der Waals surface area contributed by atoms with Gasteiger partial charge in [-0.3, -0.25) is 4.79 Å². The molecule has 1 aromatic heterocycles. The van der Waals surface area contributed by atoms with E-state index in [9.17, 15) is 4.79 Å². The van der Waals surface area contributed by atoms with Gasteiger partial charge in [0.25, 0.3) is 0 Å². The van der Waals surface area contributed by atoms with Crippen LogP contribution in [-0.2, 0) is 11.2 Å². The number of rotatable bonds is 7. The maximum absolute atomic E-state index is 13.0. The van der Waals surface area contributed by atoms with E-state index >= 15 is 0 Å². The molecule has 4 rings (SSSR count). The van der Waals surface area contributed by atoms with Gasteiger partial charge in [-0.15, -0.1) is 0 Å². The summed E-state index contributed by atoms with van der Waals surface area (Å²) in [5.41, 5.74) is 6.85. The molecular weight excluding hydrogens is 420 g/mol. The first-order chi connectivity index (χ1) is 15.6. The zero-order valence-corrected chi connectivity index (χ0v) is 18.4. The molecule has 0 spiro atoms. The van der Waals surface area contributed by atoms with Crippen molar-refractivity contribution < 1.29 is 9.21 Å². The predicted octanol–water partition coefficient (Wildman–Crippen LogP) is 6.39. The molecule has 1 amide bonds. The van der Waals surface area contributed by atoms with Crippen LogP contribution in [0.15, 0.2) is 101 Å². The first kappa shape index (κ1) is 21.6. The van der Waals surface area contributed by atoms with E-state index in [2.05, 4.69) is 29.6 Å². The van der Waals surface area contributed by atoms with Gasteiger partial charge in [0.2, 0.25) is 5.91 Å². The number of nitrogens with zero attached hydrogens (tertiary/aromatic N) is 1. The van der Waals surface area contributed by atoms with Crippen LogP contribution in [0.25, 0.3) is 11.3 Å². The third-order valence-corrected chi connectivity index (χ3v) is 5.58. The molecule has 0 saturated carbocycles. The number of amides is 1. The number of halogens is 1. The minimum Gasteiger partial charge on any atom is -0.455 e. The van der Waals surface area contributed by atoms with E-state index in [1.165, 1.54) is 6.21 Å². The third-order valence-electron chi connectivity index (χ3n) is 5.33. The molecule has 1 unspecified atom stereocenters. The molecule has 5 heteroatoms. The van der Waals surface area contributed by atoms with Crippen molar-refractivity contribution in [3.05, 3.63) is 118 Å². The van der Waals surface area contributed by atoms with E-state index in [0.717, 1.165) is 22.3 Å². The standard InChI is InChI=1S/C27H23ClN2O2/c1-19-7-5-6-10-22(19)17-25(20-8-3-2-4-9-20)27(31)30-29-18-24-15-16-26(32-24)21-11-13-23(28)14-12-21/h2-16,18,25H,17H2,1H3,(H,30,31). The van der Waals surface area contributed by atoms with Crippen LogP contribution in [0.4, 0.5) is 0 Å². The van der Waals surface area contributed by atoms with Gasteiger partial charge in [-0.25, -0.2) is 5.43 Å². The molecule has 0 saturated heterocycles. The topological polar surface area (TPSA) is 54.6 Å². The summed E-state index contributed by atoms with van der Waals surface area (Å²) < 4.78 is 5.80. The molecule has 0 fully saturated rings. The van der Waals surface area contributed by atoms with E-state index in [1.807, 2.05) is 78.9 Å². The van der Waals surface area contributed by atoms with Crippen LogP contribution in [0.1, 0.15) is 28.4 Å². The highest BCUT2D eigenvalue weighted by Crippen LogP contribution is 2.24. The van der Waals surface area contributed by atoms with Crippen molar-refractivity contribution in [1.29, 1.82) is 0 Å². The molecule has 32 heavy (non-hydrogen) atoms. The van der Waals surface area contributed by atoms with Crippen molar-refractivity contribution in [1.82, 2.24) is 5.43 Å². The molecule has 0 bridgehead atoms. The number of aryl methyl sites for hydroxylation is 1. The second-order valence-electron chi connectivity index (χ2n) is 7.54. The molecule has 3 aromatic carbocycles. The number of hydrogen-bond acceptors (Lipinski definition) is 3. The van der Waals surface area contributed by atoms with Crippen molar-refractivity contribution >= 4 is 23.7 Å². The average molecular weight is 443 g/mol. The second-order valence-corrected chi connectivity index (χ2v) is 7.97. The molecule has 4 nitrogen and oxygen atoms in total. The summed E-state index contributed by atoms with van der Waals surface area (Å²) in [6.07, 6.45) is 2.10. The molecule has 0 aliphatic carbocycles. The van der Waals surface area contributed by atoms with Gasteiger partial charge in [-0.1, -0.05) is 66.2 Å². The lowest BCUT2D eigenvalue weighted by molar-refractivity contribution is -0.122. The van der Waals surface area contributed by atoms with Gasteiger partial charge in [0.1, 0.15) is 11.5 Å². The minimum atomic E-state index is -0.351. The highest BCUT2D eigenvalue weighted by atomic mass is 35.5. The molecule has 4 aromatic rings. The van der Waals surface area contributed by atoms with Crippen LogP contribution in [0, 0.1) is 6.92 Å². The predicted molar refractivity (Wildman–Crippen MR) is 129 cm³/mol. The number of benzene rings is 3. The lowest BCUT2D eigenvalue weighted by Gasteiger charge is -2.17. The SMILES string of the molecule is Cc1ccccc1CC(C(=O)NN=Cc1ccc(-c2ccc(Cl)cc2)o1)c1ccccc1. The van der Waals surface area contributed by atoms with Crippen molar-refractivity contribution in [2.75, 3.05) is 0 Å². The molecule has 0 aliphatic heterocycles. The first-order valence-electron chi connectivity index (χ1n) is 10.4. The number of carbonyl (C=O) groups excluding carboxylic acids is 1. The van der Waals surface area contributed by atoms with Gasteiger partial charge < -0.3 is 4.42 Å². The normalized spacial score (nSPS) is 12.1. The average Bonchev–Trinajstić information content (AvgIpc) is 3.28. The van der Waals surface area contributed by atoms with Crippen LogP contribution in [0.5, 0.6) is 0 Å². The van der Waals surface area contributed by atoms with E-state index in [-0.39, 0.29) is 11.8 Å². The highest BCUT2D eigenvalue weighted by Gasteiger charge is 2.21. The van der Waals surface area contributed by atoms with Crippen LogP contribution in [-0.4, -0.2) is 12.1 Å². The molecule has 1 heterocycles. The van der Waals surface area contributed by atoms with Crippen molar-refractivity contribution in [2.24, 2.45) is 5.10 Å². The van der Waals surface area contributed by atoms with Gasteiger partial charge in [-0.05, 0) is 66.4 Å². The maximum Gasteiger partial charge on any atom is 0.247 e. The third kappa shape index (κ3) is 5.34. The zero-order valence-electron chi connectivity index (χ0n) is 17.7. The summed E-state index contributed by atoms with van der Waals surface area (Å²) in [7, 11) is 0. The Balaban J connectivity index is 1.47. The molecule has 1 N–H and O–H groups in total. The lowest BCUT2D eigenvalue weighted by Crippen LogP contribution is -2.27. The summed E-state index contributed by atoms with van der Waals surface area (Å²) in [5.74, 6) is 0.734.